The van der Waals surface area contributed by atoms with E-state index in [0.717, 1.165) is 48.7 Å². The number of benzene rings is 2. The SMILES string of the molecule is Clc1ccccc1CCC(CCc1ccccc1Cl)CCn1ccnc1. The van der Waals surface area contributed by atoms with Crippen molar-refractivity contribution >= 4 is 23.2 Å². The highest BCUT2D eigenvalue weighted by Crippen LogP contribution is 2.25. The van der Waals surface area contributed by atoms with Crippen LogP contribution >= 0.6 is 23.2 Å². The number of nitrogens with zero attached hydrogens (tertiary/aromatic N) is 2. The van der Waals surface area contributed by atoms with Gasteiger partial charge in [-0.15, -0.1) is 0 Å². The van der Waals surface area contributed by atoms with E-state index in [1.165, 1.54) is 11.1 Å². The van der Waals surface area contributed by atoms with Crippen molar-refractivity contribution in [2.45, 2.75) is 38.6 Å². The molecule has 0 unspecified atom stereocenters. The second kappa shape index (κ2) is 9.80. The Bertz CT molecular complexity index is 750. The van der Waals surface area contributed by atoms with Crippen molar-refractivity contribution in [3.8, 4) is 0 Å². The van der Waals surface area contributed by atoms with E-state index in [1.807, 2.05) is 43.0 Å². The third kappa shape index (κ3) is 5.62. The van der Waals surface area contributed by atoms with Crippen molar-refractivity contribution in [1.29, 1.82) is 0 Å². The minimum atomic E-state index is 0.616. The summed E-state index contributed by atoms with van der Waals surface area (Å²) in [5, 5.41) is 1.74. The van der Waals surface area contributed by atoms with E-state index < -0.39 is 0 Å². The molecule has 136 valence electrons. The first kappa shape index (κ1) is 19.0. The monoisotopic (exact) mass is 386 g/mol. The Kier molecular flexibility index (Phi) is 7.16. The molecule has 4 heteroatoms. The average Bonchev–Trinajstić information content (AvgIpc) is 3.17. The molecule has 1 aromatic heterocycles. The Morgan fingerprint density at radius 1 is 0.808 bits per heavy atom. The van der Waals surface area contributed by atoms with Crippen LogP contribution in [0.2, 0.25) is 10.0 Å². The summed E-state index contributed by atoms with van der Waals surface area (Å²) in [5.41, 5.74) is 2.47. The lowest BCUT2D eigenvalue weighted by Crippen LogP contribution is -2.09. The molecule has 3 rings (SSSR count). The number of aryl methyl sites for hydroxylation is 3. The quantitative estimate of drug-likeness (QED) is 0.412. The highest BCUT2D eigenvalue weighted by molar-refractivity contribution is 6.31. The van der Waals surface area contributed by atoms with Gasteiger partial charge in [0.2, 0.25) is 0 Å². The molecule has 0 atom stereocenters. The van der Waals surface area contributed by atoms with Gasteiger partial charge in [-0.25, -0.2) is 4.98 Å². The molecular formula is C22H24Cl2N2. The number of halogens is 2. The van der Waals surface area contributed by atoms with E-state index in [9.17, 15) is 0 Å². The molecule has 0 spiro atoms. The number of aromatic nitrogens is 2. The van der Waals surface area contributed by atoms with Gasteiger partial charge in [0.25, 0.3) is 0 Å². The summed E-state index contributed by atoms with van der Waals surface area (Å²) in [5.74, 6) is 0.616. The second-order valence-electron chi connectivity index (χ2n) is 6.72. The summed E-state index contributed by atoms with van der Waals surface area (Å²) in [6.45, 7) is 0.996. The highest BCUT2D eigenvalue weighted by atomic mass is 35.5. The molecule has 0 aliphatic carbocycles. The van der Waals surface area contributed by atoms with Gasteiger partial charge < -0.3 is 4.57 Å². The van der Waals surface area contributed by atoms with Crippen LogP contribution in [0.15, 0.2) is 67.3 Å². The zero-order chi connectivity index (χ0) is 18.2. The van der Waals surface area contributed by atoms with E-state index in [0.29, 0.717) is 5.92 Å². The molecule has 2 nitrogen and oxygen atoms in total. The fourth-order valence-electron chi connectivity index (χ4n) is 3.31. The van der Waals surface area contributed by atoms with Gasteiger partial charge in [0.05, 0.1) is 6.33 Å². The molecule has 3 aromatic rings. The van der Waals surface area contributed by atoms with Crippen molar-refractivity contribution in [1.82, 2.24) is 9.55 Å². The van der Waals surface area contributed by atoms with E-state index in [-0.39, 0.29) is 0 Å². The molecule has 0 saturated heterocycles. The van der Waals surface area contributed by atoms with Gasteiger partial charge in [-0.05, 0) is 61.3 Å². The molecule has 2 aromatic carbocycles. The summed E-state index contributed by atoms with van der Waals surface area (Å²) in [6.07, 6.45) is 11.2. The third-order valence-corrected chi connectivity index (χ3v) is 5.65. The zero-order valence-corrected chi connectivity index (χ0v) is 16.3. The predicted octanol–water partition coefficient (Wildman–Crippen LogP) is 6.46. The maximum absolute atomic E-state index is 6.33. The topological polar surface area (TPSA) is 17.8 Å². The standard InChI is InChI=1S/C22H24Cl2N2/c23-21-7-3-1-5-19(21)11-9-18(13-15-26-16-14-25-17-26)10-12-20-6-2-4-8-22(20)24/h1-8,14,16-18H,9-13,15H2. The maximum Gasteiger partial charge on any atom is 0.0945 e. The van der Waals surface area contributed by atoms with E-state index in [1.54, 1.807) is 0 Å². The Hall–Kier alpha value is -1.77. The first-order valence-electron chi connectivity index (χ1n) is 9.15. The van der Waals surface area contributed by atoms with Crippen molar-refractivity contribution in [2.24, 2.45) is 5.92 Å². The lowest BCUT2D eigenvalue weighted by molar-refractivity contribution is 0.393. The van der Waals surface area contributed by atoms with Crippen LogP contribution in [0.5, 0.6) is 0 Å². The van der Waals surface area contributed by atoms with Crippen LogP contribution in [0.25, 0.3) is 0 Å². The highest BCUT2D eigenvalue weighted by Gasteiger charge is 2.12. The molecule has 0 fully saturated rings. The van der Waals surface area contributed by atoms with Crippen LogP contribution in [0, 0.1) is 5.92 Å². The number of hydrogen-bond donors (Lipinski definition) is 0. The Labute approximate surface area is 165 Å². The van der Waals surface area contributed by atoms with Gasteiger partial charge in [0, 0.05) is 29.0 Å². The Balaban J connectivity index is 1.60. The second-order valence-corrected chi connectivity index (χ2v) is 7.53. The summed E-state index contributed by atoms with van der Waals surface area (Å²) in [6, 6.07) is 16.3. The molecule has 0 radical (unpaired) electrons. The summed E-state index contributed by atoms with van der Waals surface area (Å²) in [4.78, 5) is 4.14. The van der Waals surface area contributed by atoms with Crippen LogP contribution in [0.4, 0.5) is 0 Å². The van der Waals surface area contributed by atoms with E-state index >= 15 is 0 Å². The fraction of sp³-hybridized carbons (Fsp3) is 0.318. The van der Waals surface area contributed by atoms with Gasteiger partial charge in [0.1, 0.15) is 0 Å². The molecule has 0 saturated carbocycles. The lowest BCUT2D eigenvalue weighted by Gasteiger charge is -2.18. The van der Waals surface area contributed by atoms with Crippen LogP contribution < -0.4 is 0 Å². The van der Waals surface area contributed by atoms with Gasteiger partial charge >= 0.3 is 0 Å². The molecular weight excluding hydrogens is 363 g/mol. The molecule has 0 aliphatic heterocycles. The zero-order valence-electron chi connectivity index (χ0n) is 14.8. The van der Waals surface area contributed by atoms with Gasteiger partial charge in [0.15, 0.2) is 0 Å². The molecule has 0 bridgehead atoms. The fourth-order valence-corrected chi connectivity index (χ4v) is 3.77. The molecule has 0 amide bonds. The van der Waals surface area contributed by atoms with Gasteiger partial charge in [-0.1, -0.05) is 59.6 Å². The number of hydrogen-bond acceptors (Lipinski definition) is 1. The summed E-state index contributed by atoms with van der Waals surface area (Å²) >= 11 is 12.7. The van der Waals surface area contributed by atoms with Crippen LogP contribution in [-0.2, 0) is 19.4 Å². The third-order valence-electron chi connectivity index (χ3n) is 4.91. The van der Waals surface area contributed by atoms with E-state index in [2.05, 4.69) is 33.8 Å². The normalized spacial score (nSPS) is 11.2. The lowest BCUT2D eigenvalue weighted by atomic mass is 9.90. The Morgan fingerprint density at radius 2 is 1.38 bits per heavy atom. The largest absolute Gasteiger partial charge is 0.337 e. The van der Waals surface area contributed by atoms with Crippen molar-refractivity contribution in [3.05, 3.63) is 88.4 Å². The minimum Gasteiger partial charge on any atom is -0.337 e. The van der Waals surface area contributed by atoms with Crippen LogP contribution in [-0.4, -0.2) is 9.55 Å². The first-order chi connectivity index (χ1) is 12.7. The van der Waals surface area contributed by atoms with Crippen LogP contribution in [0.1, 0.15) is 30.4 Å². The first-order valence-corrected chi connectivity index (χ1v) is 9.90. The predicted molar refractivity (Wildman–Crippen MR) is 110 cm³/mol. The summed E-state index contributed by atoms with van der Waals surface area (Å²) in [7, 11) is 0. The molecule has 1 heterocycles. The van der Waals surface area contributed by atoms with Crippen molar-refractivity contribution in [3.63, 3.8) is 0 Å². The maximum atomic E-state index is 6.33. The van der Waals surface area contributed by atoms with Crippen molar-refractivity contribution < 1.29 is 0 Å². The molecule has 0 N–H and O–H groups in total. The van der Waals surface area contributed by atoms with Crippen molar-refractivity contribution in [2.75, 3.05) is 0 Å². The van der Waals surface area contributed by atoms with Gasteiger partial charge in [-0.2, -0.15) is 0 Å². The number of rotatable bonds is 9. The number of imidazole rings is 1. The Morgan fingerprint density at radius 3 is 1.88 bits per heavy atom. The van der Waals surface area contributed by atoms with E-state index in [4.69, 9.17) is 23.2 Å². The van der Waals surface area contributed by atoms with Crippen LogP contribution in [0.3, 0.4) is 0 Å². The smallest absolute Gasteiger partial charge is 0.0945 e. The molecule has 26 heavy (non-hydrogen) atoms. The average molecular weight is 387 g/mol. The minimum absolute atomic E-state index is 0.616. The van der Waals surface area contributed by atoms with Gasteiger partial charge in [-0.3, -0.25) is 0 Å². The summed E-state index contributed by atoms with van der Waals surface area (Å²) < 4.78 is 2.15. The molecule has 0 aliphatic rings.